The molecule has 1 unspecified atom stereocenters. The number of nitrogens with two attached hydrogens (primary N) is 1. The van der Waals surface area contributed by atoms with E-state index in [0.29, 0.717) is 23.2 Å². The molecule has 4 nitrogen and oxygen atoms in total. The van der Waals surface area contributed by atoms with Crippen molar-refractivity contribution < 1.29 is 9.47 Å². The average Bonchev–Trinajstić information content (AvgIpc) is 2.40. The molecule has 0 bridgehead atoms. The number of ether oxygens (including phenoxy) is 2. The van der Waals surface area contributed by atoms with Gasteiger partial charge in [0, 0.05) is 32.4 Å². The molecule has 0 aromatic heterocycles. The fourth-order valence-electron chi connectivity index (χ4n) is 1.99. The van der Waals surface area contributed by atoms with Gasteiger partial charge in [-0.1, -0.05) is 23.8 Å². The van der Waals surface area contributed by atoms with Crippen LogP contribution in [-0.4, -0.2) is 45.0 Å². The van der Waals surface area contributed by atoms with Crippen molar-refractivity contribution in [2.75, 3.05) is 38.9 Å². The van der Waals surface area contributed by atoms with Crippen molar-refractivity contribution in [2.24, 2.45) is 5.73 Å². The summed E-state index contributed by atoms with van der Waals surface area (Å²) in [5, 5.41) is 0.620. The first-order valence-electron chi connectivity index (χ1n) is 6.35. The Balaban J connectivity index is 3.03. The van der Waals surface area contributed by atoms with Crippen LogP contribution in [0.25, 0.3) is 0 Å². The number of rotatable bonds is 8. The zero-order valence-corrected chi connectivity index (χ0v) is 13.6. The van der Waals surface area contributed by atoms with Crippen molar-refractivity contribution in [3.63, 3.8) is 0 Å². The number of halogens is 1. The van der Waals surface area contributed by atoms with Gasteiger partial charge in [-0.2, -0.15) is 0 Å². The first-order chi connectivity index (χ1) is 9.51. The highest BCUT2D eigenvalue weighted by Gasteiger charge is 2.17. The van der Waals surface area contributed by atoms with Gasteiger partial charge in [0.2, 0.25) is 0 Å². The molecule has 1 aromatic rings. The van der Waals surface area contributed by atoms with Gasteiger partial charge in [0.15, 0.2) is 0 Å². The van der Waals surface area contributed by atoms with Crippen LogP contribution in [0.4, 0.5) is 5.69 Å². The van der Waals surface area contributed by atoms with Crippen LogP contribution in [0.2, 0.25) is 5.02 Å². The van der Waals surface area contributed by atoms with Gasteiger partial charge in [-0.3, -0.25) is 0 Å². The average molecular weight is 317 g/mol. The number of hydrogen-bond donors (Lipinski definition) is 1. The molecule has 0 radical (unpaired) electrons. The Morgan fingerprint density at radius 1 is 1.40 bits per heavy atom. The first kappa shape index (κ1) is 17.2. The van der Waals surface area contributed by atoms with E-state index in [1.54, 1.807) is 20.3 Å². The highest BCUT2D eigenvalue weighted by Crippen LogP contribution is 2.28. The van der Waals surface area contributed by atoms with E-state index in [2.05, 4.69) is 11.8 Å². The van der Waals surface area contributed by atoms with Gasteiger partial charge in [0.25, 0.3) is 0 Å². The molecule has 1 rings (SSSR count). The van der Waals surface area contributed by atoms with E-state index >= 15 is 0 Å². The summed E-state index contributed by atoms with van der Waals surface area (Å²) < 4.78 is 10.4. The van der Waals surface area contributed by atoms with Gasteiger partial charge >= 0.3 is 0 Å². The van der Waals surface area contributed by atoms with Crippen LogP contribution >= 0.6 is 23.8 Å². The van der Waals surface area contributed by atoms with Gasteiger partial charge in [-0.05, 0) is 25.1 Å². The second-order valence-electron chi connectivity index (χ2n) is 4.52. The van der Waals surface area contributed by atoms with Crippen molar-refractivity contribution >= 4 is 34.5 Å². The fourth-order valence-corrected chi connectivity index (χ4v) is 2.41. The number of nitrogens with zero attached hydrogens (tertiary/aromatic N) is 1. The highest BCUT2D eigenvalue weighted by molar-refractivity contribution is 7.80. The zero-order chi connectivity index (χ0) is 15.1. The first-order valence-corrected chi connectivity index (χ1v) is 7.13. The molecule has 0 aliphatic heterocycles. The Kier molecular flexibility index (Phi) is 7.23. The summed E-state index contributed by atoms with van der Waals surface area (Å²) in [5.41, 5.74) is 7.30. The van der Waals surface area contributed by atoms with Crippen LogP contribution in [0.5, 0.6) is 0 Å². The molecule has 20 heavy (non-hydrogen) atoms. The van der Waals surface area contributed by atoms with Gasteiger partial charge in [-0.25, -0.2) is 0 Å². The maximum atomic E-state index is 6.35. The fraction of sp³-hybridized carbons (Fsp3) is 0.500. The minimum absolute atomic E-state index is 0.184. The molecule has 0 heterocycles. The normalized spacial score (nSPS) is 12.2. The summed E-state index contributed by atoms with van der Waals surface area (Å²) in [6.07, 6.45) is 0. The molecule has 0 amide bonds. The predicted molar refractivity (Wildman–Crippen MR) is 87.9 cm³/mol. The standard InChI is InChI=1S/C14H21ClN2O2S/c1-10(9-19-3)17(6-7-18-2)13-5-4-11(14(16)20)8-12(13)15/h4-5,8,10H,6-7,9H2,1-3H3,(H2,16,20). The molecular formula is C14H21ClN2O2S. The monoisotopic (exact) mass is 316 g/mol. The lowest BCUT2D eigenvalue weighted by Crippen LogP contribution is -2.38. The summed E-state index contributed by atoms with van der Waals surface area (Å²) in [7, 11) is 3.36. The van der Waals surface area contributed by atoms with Crippen LogP contribution in [0.1, 0.15) is 12.5 Å². The largest absolute Gasteiger partial charge is 0.389 e. The predicted octanol–water partition coefficient (Wildman–Crippen LogP) is 2.46. The maximum Gasteiger partial charge on any atom is 0.104 e. The third kappa shape index (κ3) is 4.59. The second kappa shape index (κ2) is 8.42. The van der Waals surface area contributed by atoms with Crippen LogP contribution < -0.4 is 10.6 Å². The van der Waals surface area contributed by atoms with Crippen LogP contribution in [-0.2, 0) is 9.47 Å². The van der Waals surface area contributed by atoms with Crippen molar-refractivity contribution in [1.29, 1.82) is 0 Å². The lowest BCUT2D eigenvalue weighted by atomic mass is 10.1. The quantitative estimate of drug-likeness (QED) is 0.747. The number of methoxy groups -OCH3 is 2. The lowest BCUT2D eigenvalue weighted by molar-refractivity contribution is 0.171. The third-order valence-electron chi connectivity index (χ3n) is 3.02. The molecule has 0 fully saturated rings. The Morgan fingerprint density at radius 3 is 2.60 bits per heavy atom. The van der Waals surface area contributed by atoms with E-state index in [1.165, 1.54) is 0 Å². The number of benzene rings is 1. The molecule has 1 aromatic carbocycles. The Bertz CT molecular complexity index is 457. The van der Waals surface area contributed by atoms with E-state index in [-0.39, 0.29) is 6.04 Å². The molecule has 0 saturated carbocycles. The van der Waals surface area contributed by atoms with Crippen molar-refractivity contribution in [2.45, 2.75) is 13.0 Å². The SMILES string of the molecule is COCCN(c1ccc(C(N)=S)cc1Cl)C(C)COC. The lowest BCUT2D eigenvalue weighted by Gasteiger charge is -2.31. The molecule has 112 valence electrons. The van der Waals surface area contributed by atoms with E-state index in [0.717, 1.165) is 17.8 Å². The van der Waals surface area contributed by atoms with E-state index in [1.807, 2.05) is 12.1 Å². The zero-order valence-electron chi connectivity index (χ0n) is 12.1. The summed E-state index contributed by atoms with van der Waals surface area (Å²) >= 11 is 11.3. The highest BCUT2D eigenvalue weighted by atomic mass is 35.5. The molecule has 0 spiro atoms. The van der Waals surface area contributed by atoms with Crippen molar-refractivity contribution in [3.8, 4) is 0 Å². The van der Waals surface area contributed by atoms with Crippen molar-refractivity contribution in [3.05, 3.63) is 28.8 Å². The summed E-state index contributed by atoms with van der Waals surface area (Å²) in [6.45, 7) is 4.03. The molecular weight excluding hydrogens is 296 g/mol. The van der Waals surface area contributed by atoms with Gasteiger partial charge < -0.3 is 20.1 Å². The topological polar surface area (TPSA) is 47.7 Å². The van der Waals surface area contributed by atoms with Gasteiger partial charge in [-0.15, -0.1) is 0 Å². The molecule has 2 N–H and O–H groups in total. The van der Waals surface area contributed by atoms with Crippen LogP contribution in [0.15, 0.2) is 18.2 Å². The smallest absolute Gasteiger partial charge is 0.104 e. The molecule has 6 heteroatoms. The molecule has 0 saturated heterocycles. The Hall–Kier alpha value is -0.880. The van der Waals surface area contributed by atoms with E-state index in [4.69, 9.17) is 39.0 Å². The van der Waals surface area contributed by atoms with Crippen LogP contribution in [0, 0.1) is 0 Å². The molecule has 0 aliphatic carbocycles. The summed E-state index contributed by atoms with van der Waals surface area (Å²) in [6, 6.07) is 5.78. The minimum atomic E-state index is 0.184. The third-order valence-corrected chi connectivity index (χ3v) is 3.56. The van der Waals surface area contributed by atoms with E-state index < -0.39 is 0 Å². The summed E-state index contributed by atoms with van der Waals surface area (Å²) in [5.74, 6) is 0. The van der Waals surface area contributed by atoms with Gasteiger partial charge in [0.05, 0.1) is 23.9 Å². The number of anilines is 1. The Labute approximate surface area is 130 Å². The Morgan fingerprint density at radius 2 is 2.10 bits per heavy atom. The minimum Gasteiger partial charge on any atom is -0.389 e. The maximum absolute atomic E-state index is 6.35. The second-order valence-corrected chi connectivity index (χ2v) is 5.37. The summed E-state index contributed by atoms with van der Waals surface area (Å²) in [4.78, 5) is 2.49. The van der Waals surface area contributed by atoms with E-state index in [9.17, 15) is 0 Å². The van der Waals surface area contributed by atoms with Crippen molar-refractivity contribution in [1.82, 2.24) is 0 Å². The molecule has 1 atom stereocenters. The number of thiocarbonyl (C=S) groups is 1. The van der Waals surface area contributed by atoms with Crippen LogP contribution in [0.3, 0.4) is 0 Å². The van der Waals surface area contributed by atoms with Gasteiger partial charge in [0.1, 0.15) is 4.99 Å². The molecule has 0 aliphatic rings. The number of hydrogen-bond acceptors (Lipinski definition) is 4.